The maximum absolute atomic E-state index is 11.8. The monoisotopic (exact) mass is 537 g/mol. The minimum absolute atomic E-state index is 0.138. The number of rotatable bonds is 5. The quantitative estimate of drug-likeness (QED) is 0.361. The number of piperazine rings is 1. The third-order valence-corrected chi connectivity index (χ3v) is 7.84. The second kappa shape index (κ2) is 9.08. The summed E-state index contributed by atoms with van der Waals surface area (Å²) in [4.78, 5) is 24.6. The Hall–Kier alpha value is -3.56. The number of aromatic nitrogens is 4. The van der Waals surface area contributed by atoms with Crippen LogP contribution in [0.3, 0.4) is 0 Å². The van der Waals surface area contributed by atoms with Crippen molar-refractivity contribution in [3.63, 3.8) is 0 Å². The van der Waals surface area contributed by atoms with Crippen LogP contribution in [-0.4, -0.2) is 56.3 Å². The third-order valence-electron chi connectivity index (χ3n) is 7.23. The lowest BCUT2D eigenvalue weighted by molar-refractivity contribution is 0.165. The number of carbonyl (C=O) groups is 1. The van der Waals surface area contributed by atoms with E-state index in [2.05, 4.69) is 20.1 Å². The van der Waals surface area contributed by atoms with Crippen molar-refractivity contribution in [1.29, 1.82) is 0 Å². The number of nitrogens with two attached hydrogens (primary N) is 1. The minimum atomic E-state index is -0.374. The standard InChI is InChI=1S/C26H25Cl2N7O2/c1-15(23-19(27)12-30-13-20(23)28)37-17-3-4-21-18(10-17)24(33-32-21)16-2-5-22(31-11-16)34-8-9-35(25(29)36)26(14-34)6-7-26/h2-5,10-13,15H,6-9,14H2,1H3,(H2,29,36)(H,32,33). The first-order valence-electron chi connectivity index (χ1n) is 12.1. The van der Waals surface area contributed by atoms with Gasteiger partial charge in [-0.15, -0.1) is 0 Å². The first kappa shape index (κ1) is 23.8. The molecule has 0 radical (unpaired) electrons. The molecule has 3 N–H and O–H groups in total. The molecule has 9 nitrogen and oxygen atoms in total. The number of carbonyl (C=O) groups excluding carboxylic acids is 1. The molecule has 1 aliphatic heterocycles. The van der Waals surface area contributed by atoms with Gasteiger partial charge in [-0.3, -0.25) is 10.1 Å². The summed E-state index contributed by atoms with van der Waals surface area (Å²) in [6.45, 7) is 3.95. The SMILES string of the molecule is CC(Oc1ccc2[nH]nc(-c3ccc(N4CCN(C(N)=O)C5(CC5)C4)nc3)c2c1)c1c(Cl)cncc1Cl. The van der Waals surface area contributed by atoms with Gasteiger partial charge in [0.2, 0.25) is 0 Å². The molecule has 1 atom stereocenters. The summed E-state index contributed by atoms with van der Waals surface area (Å²) < 4.78 is 6.18. The number of hydrogen-bond acceptors (Lipinski definition) is 6. The molecule has 0 bridgehead atoms. The van der Waals surface area contributed by atoms with E-state index in [0.717, 1.165) is 47.4 Å². The Morgan fingerprint density at radius 1 is 1.14 bits per heavy atom. The number of hydrogen-bond donors (Lipinski definition) is 2. The summed E-state index contributed by atoms with van der Waals surface area (Å²) in [5.74, 6) is 1.54. The highest BCUT2D eigenvalue weighted by atomic mass is 35.5. The molecule has 4 heterocycles. The number of aromatic amines is 1. The lowest BCUT2D eigenvalue weighted by Crippen LogP contribution is -2.58. The number of pyridine rings is 2. The summed E-state index contributed by atoms with van der Waals surface area (Å²) in [5.41, 5.74) is 8.69. The van der Waals surface area contributed by atoms with Gasteiger partial charge in [0.15, 0.2) is 0 Å². The molecule has 1 spiro atoms. The van der Waals surface area contributed by atoms with Crippen LogP contribution >= 0.6 is 23.2 Å². The molecule has 2 aliphatic rings. The fraction of sp³-hybridized carbons (Fsp3) is 0.308. The molecule has 1 aromatic carbocycles. The van der Waals surface area contributed by atoms with Gasteiger partial charge in [-0.25, -0.2) is 9.78 Å². The van der Waals surface area contributed by atoms with Crippen LogP contribution in [0.5, 0.6) is 5.75 Å². The van der Waals surface area contributed by atoms with Crippen LogP contribution in [-0.2, 0) is 0 Å². The van der Waals surface area contributed by atoms with Crippen molar-refractivity contribution in [3.05, 3.63) is 64.5 Å². The van der Waals surface area contributed by atoms with Crippen LogP contribution in [0.2, 0.25) is 10.0 Å². The molecule has 37 heavy (non-hydrogen) atoms. The van der Waals surface area contributed by atoms with Crippen molar-refractivity contribution in [2.75, 3.05) is 24.5 Å². The summed E-state index contributed by atoms with van der Waals surface area (Å²) in [6, 6.07) is 9.44. The van der Waals surface area contributed by atoms with Gasteiger partial charge in [-0.2, -0.15) is 5.10 Å². The molecule has 1 saturated carbocycles. The Balaban J connectivity index is 1.23. The van der Waals surface area contributed by atoms with Gasteiger partial charge in [0.25, 0.3) is 0 Å². The highest BCUT2D eigenvalue weighted by molar-refractivity contribution is 6.35. The zero-order chi connectivity index (χ0) is 25.7. The van der Waals surface area contributed by atoms with Crippen LogP contribution in [0.25, 0.3) is 22.2 Å². The Labute approximate surface area is 223 Å². The molecule has 4 aromatic rings. The summed E-state index contributed by atoms with van der Waals surface area (Å²) in [6.07, 6.45) is 6.52. The van der Waals surface area contributed by atoms with Crippen molar-refractivity contribution in [1.82, 2.24) is 25.1 Å². The van der Waals surface area contributed by atoms with Crippen LogP contribution in [0.15, 0.2) is 48.9 Å². The van der Waals surface area contributed by atoms with Crippen molar-refractivity contribution in [2.45, 2.75) is 31.4 Å². The average molecular weight is 538 g/mol. The zero-order valence-electron chi connectivity index (χ0n) is 20.1. The largest absolute Gasteiger partial charge is 0.486 e. The van der Waals surface area contributed by atoms with Gasteiger partial charge < -0.3 is 20.3 Å². The van der Waals surface area contributed by atoms with Crippen LogP contribution < -0.4 is 15.4 Å². The highest BCUT2D eigenvalue weighted by Gasteiger charge is 2.53. The van der Waals surface area contributed by atoms with E-state index in [9.17, 15) is 4.79 Å². The maximum atomic E-state index is 11.8. The summed E-state index contributed by atoms with van der Waals surface area (Å²) in [7, 11) is 0. The number of urea groups is 1. The molecule has 1 aliphatic carbocycles. The second-order valence-electron chi connectivity index (χ2n) is 9.60. The number of nitrogens with zero attached hydrogens (tertiary/aromatic N) is 5. The molecular formula is C26H25Cl2N7O2. The van der Waals surface area contributed by atoms with Crippen LogP contribution in [0, 0.1) is 0 Å². The van der Waals surface area contributed by atoms with E-state index in [1.54, 1.807) is 12.4 Å². The minimum Gasteiger partial charge on any atom is -0.486 e. The van der Waals surface area contributed by atoms with Gasteiger partial charge >= 0.3 is 6.03 Å². The van der Waals surface area contributed by atoms with Crippen LogP contribution in [0.4, 0.5) is 10.6 Å². The van der Waals surface area contributed by atoms with E-state index in [4.69, 9.17) is 38.7 Å². The topological polar surface area (TPSA) is 113 Å². The highest BCUT2D eigenvalue weighted by Crippen LogP contribution is 2.45. The number of H-pyrrole nitrogens is 1. The third kappa shape index (κ3) is 4.32. The number of fused-ring (bicyclic) bond motifs is 1. The number of ether oxygens (including phenoxy) is 1. The van der Waals surface area contributed by atoms with E-state index in [0.29, 0.717) is 34.4 Å². The van der Waals surface area contributed by atoms with E-state index >= 15 is 0 Å². The van der Waals surface area contributed by atoms with Gasteiger partial charge in [-0.1, -0.05) is 23.2 Å². The predicted molar refractivity (Wildman–Crippen MR) is 143 cm³/mol. The molecule has 2 amide bonds. The number of anilines is 1. The van der Waals surface area contributed by atoms with Crippen molar-refractivity contribution in [2.24, 2.45) is 5.73 Å². The first-order valence-corrected chi connectivity index (χ1v) is 12.8. The molecule has 11 heteroatoms. The van der Waals surface area contributed by atoms with E-state index in [-0.39, 0.29) is 17.7 Å². The number of nitrogens with one attached hydrogen (secondary N) is 1. The molecule has 190 valence electrons. The molecular weight excluding hydrogens is 513 g/mol. The van der Waals surface area contributed by atoms with E-state index in [1.165, 1.54) is 0 Å². The van der Waals surface area contributed by atoms with Crippen LogP contribution in [0.1, 0.15) is 31.4 Å². The Bertz CT molecular complexity index is 1470. The number of benzene rings is 1. The first-order chi connectivity index (χ1) is 17.8. The number of halogens is 2. The Morgan fingerprint density at radius 2 is 1.92 bits per heavy atom. The summed E-state index contributed by atoms with van der Waals surface area (Å²) >= 11 is 12.6. The molecule has 1 unspecified atom stereocenters. The van der Waals surface area contributed by atoms with Gasteiger partial charge in [-0.05, 0) is 50.1 Å². The Morgan fingerprint density at radius 3 is 2.59 bits per heavy atom. The zero-order valence-corrected chi connectivity index (χ0v) is 21.6. The van der Waals surface area contributed by atoms with E-state index < -0.39 is 0 Å². The van der Waals surface area contributed by atoms with Crippen molar-refractivity contribution >= 4 is 46.0 Å². The number of primary amides is 1. The van der Waals surface area contributed by atoms with E-state index in [1.807, 2.05) is 48.4 Å². The normalized spacial score (nSPS) is 17.3. The lowest BCUT2D eigenvalue weighted by Gasteiger charge is -2.41. The van der Waals surface area contributed by atoms with Crippen molar-refractivity contribution < 1.29 is 9.53 Å². The molecule has 1 saturated heterocycles. The summed E-state index contributed by atoms with van der Waals surface area (Å²) in [5, 5.41) is 9.45. The fourth-order valence-electron chi connectivity index (χ4n) is 5.16. The fourth-order valence-corrected chi connectivity index (χ4v) is 5.83. The van der Waals surface area contributed by atoms with Gasteiger partial charge in [0.05, 0.1) is 21.1 Å². The second-order valence-corrected chi connectivity index (χ2v) is 10.4. The maximum Gasteiger partial charge on any atom is 0.315 e. The molecule has 6 rings (SSSR count). The number of amides is 2. The van der Waals surface area contributed by atoms with Crippen molar-refractivity contribution in [3.8, 4) is 17.0 Å². The smallest absolute Gasteiger partial charge is 0.315 e. The average Bonchev–Trinajstić information content (AvgIpc) is 3.50. The molecule has 3 aromatic heterocycles. The van der Waals surface area contributed by atoms with Gasteiger partial charge in [0, 0.05) is 54.7 Å². The predicted octanol–water partition coefficient (Wildman–Crippen LogP) is 5.20. The molecule has 2 fully saturated rings. The lowest BCUT2D eigenvalue weighted by atomic mass is 10.1. The van der Waals surface area contributed by atoms with Gasteiger partial charge in [0.1, 0.15) is 23.4 Å². The Kier molecular flexibility index (Phi) is 5.84.